The molecule has 2 aromatic heterocycles. The van der Waals surface area contributed by atoms with Crippen LogP contribution in [0.2, 0.25) is 0 Å². The number of methoxy groups -OCH3 is 1. The number of nitrogens with zero attached hydrogens (tertiary/aromatic N) is 3. The molecule has 0 N–H and O–H groups in total. The van der Waals surface area contributed by atoms with E-state index in [1.165, 1.54) is 43.7 Å². The van der Waals surface area contributed by atoms with E-state index >= 15 is 0 Å². The maximum Gasteiger partial charge on any atom is 0.337 e. The molecule has 0 spiro atoms. The van der Waals surface area contributed by atoms with Gasteiger partial charge in [0.15, 0.2) is 0 Å². The fourth-order valence-corrected chi connectivity index (χ4v) is 4.07. The van der Waals surface area contributed by atoms with Gasteiger partial charge in [-0.1, -0.05) is 18.9 Å². The van der Waals surface area contributed by atoms with Crippen molar-refractivity contribution in [3.63, 3.8) is 0 Å². The Morgan fingerprint density at radius 2 is 2.04 bits per heavy atom. The van der Waals surface area contributed by atoms with Crippen molar-refractivity contribution in [1.82, 2.24) is 14.5 Å². The molecule has 1 aromatic carbocycles. The third-order valence-corrected chi connectivity index (χ3v) is 5.23. The van der Waals surface area contributed by atoms with Gasteiger partial charge in [0.25, 0.3) is 0 Å². The number of aryl methyl sites for hydroxylation is 1. The number of carbonyl (C=O) groups excluding carboxylic acids is 1. The van der Waals surface area contributed by atoms with Crippen LogP contribution >= 0.6 is 0 Å². The minimum absolute atomic E-state index is 0.313. The Labute approximate surface area is 146 Å². The summed E-state index contributed by atoms with van der Waals surface area (Å²) in [6.07, 6.45) is 10.2. The van der Waals surface area contributed by atoms with Crippen molar-refractivity contribution in [2.24, 2.45) is 7.05 Å². The zero-order chi connectivity index (χ0) is 17.4. The van der Waals surface area contributed by atoms with Crippen molar-refractivity contribution in [3.05, 3.63) is 47.9 Å². The van der Waals surface area contributed by atoms with Gasteiger partial charge in [-0.25, -0.2) is 4.79 Å². The van der Waals surface area contributed by atoms with Crippen LogP contribution in [0.15, 0.2) is 36.8 Å². The van der Waals surface area contributed by atoms with Crippen LogP contribution in [-0.4, -0.2) is 27.6 Å². The molecule has 2 heterocycles. The molecule has 3 aromatic rings. The summed E-state index contributed by atoms with van der Waals surface area (Å²) in [5.74, 6) is 0.219. The Morgan fingerprint density at radius 3 is 2.72 bits per heavy atom. The highest BCUT2D eigenvalue weighted by Crippen LogP contribution is 2.44. The molecule has 0 atom stereocenters. The fourth-order valence-electron chi connectivity index (χ4n) is 4.07. The molecule has 0 unspecified atom stereocenters. The number of benzene rings is 1. The highest BCUT2D eigenvalue weighted by Gasteiger charge is 2.27. The van der Waals surface area contributed by atoms with Gasteiger partial charge >= 0.3 is 5.97 Å². The average molecular weight is 335 g/mol. The molecule has 1 aliphatic rings. The van der Waals surface area contributed by atoms with Gasteiger partial charge in [-0.15, -0.1) is 0 Å². The summed E-state index contributed by atoms with van der Waals surface area (Å²) < 4.78 is 7.01. The minimum Gasteiger partial charge on any atom is -0.465 e. The summed E-state index contributed by atoms with van der Waals surface area (Å²) >= 11 is 0. The maximum atomic E-state index is 11.9. The zero-order valence-electron chi connectivity index (χ0n) is 14.5. The summed E-state index contributed by atoms with van der Waals surface area (Å²) in [6, 6.07) is 5.82. The Kier molecular flexibility index (Phi) is 3.99. The van der Waals surface area contributed by atoms with Crippen LogP contribution in [0.3, 0.4) is 0 Å². The van der Waals surface area contributed by atoms with Crippen molar-refractivity contribution in [3.8, 4) is 11.4 Å². The number of fused-ring (bicyclic) bond motifs is 1. The van der Waals surface area contributed by atoms with Crippen molar-refractivity contribution in [2.75, 3.05) is 7.11 Å². The summed E-state index contributed by atoms with van der Waals surface area (Å²) in [4.78, 5) is 20.7. The first kappa shape index (κ1) is 15.8. The van der Waals surface area contributed by atoms with E-state index in [1.54, 1.807) is 12.4 Å². The molecule has 0 aliphatic heterocycles. The predicted molar refractivity (Wildman–Crippen MR) is 96.5 cm³/mol. The van der Waals surface area contributed by atoms with Crippen molar-refractivity contribution < 1.29 is 9.53 Å². The summed E-state index contributed by atoms with van der Waals surface area (Å²) in [6.45, 7) is 0. The molecule has 0 bridgehead atoms. The van der Waals surface area contributed by atoms with E-state index in [4.69, 9.17) is 4.74 Å². The lowest BCUT2D eigenvalue weighted by Crippen LogP contribution is -2.01. The largest absolute Gasteiger partial charge is 0.465 e. The predicted octanol–water partition coefficient (Wildman–Crippen LogP) is 4.08. The molecular weight excluding hydrogens is 314 g/mol. The zero-order valence-corrected chi connectivity index (χ0v) is 14.5. The molecular formula is C20H21N3O2. The van der Waals surface area contributed by atoms with Gasteiger partial charge in [0.1, 0.15) is 5.69 Å². The number of hydrogen-bond donors (Lipinski definition) is 0. The van der Waals surface area contributed by atoms with Crippen molar-refractivity contribution >= 4 is 16.9 Å². The molecule has 5 nitrogen and oxygen atoms in total. The first-order valence-electron chi connectivity index (χ1n) is 8.67. The van der Waals surface area contributed by atoms with Crippen LogP contribution in [0.25, 0.3) is 22.3 Å². The summed E-state index contributed by atoms with van der Waals surface area (Å²) in [5.41, 5.74) is 4.93. The number of carbonyl (C=O) groups is 1. The first-order chi connectivity index (χ1) is 12.2. The van der Waals surface area contributed by atoms with E-state index in [0.29, 0.717) is 11.5 Å². The van der Waals surface area contributed by atoms with Gasteiger partial charge in [-0.05, 0) is 36.5 Å². The Morgan fingerprint density at radius 1 is 1.24 bits per heavy atom. The lowest BCUT2D eigenvalue weighted by atomic mass is 9.93. The Hall–Kier alpha value is -2.69. The van der Waals surface area contributed by atoms with Gasteiger partial charge in [0.05, 0.1) is 24.6 Å². The van der Waals surface area contributed by atoms with Gasteiger partial charge in [-0.2, -0.15) is 0 Å². The number of aromatic nitrogens is 3. The number of ether oxygens (including phenoxy) is 1. The second-order valence-corrected chi connectivity index (χ2v) is 6.62. The first-order valence-corrected chi connectivity index (χ1v) is 8.67. The number of esters is 1. The summed E-state index contributed by atoms with van der Waals surface area (Å²) in [5, 5.41) is 1.20. The van der Waals surface area contributed by atoms with Crippen LogP contribution in [0.4, 0.5) is 0 Å². The smallest absolute Gasteiger partial charge is 0.337 e. The fraction of sp³-hybridized carbons (Fsp3) is 0.350. The van der Waals surface area contributed by atoms with Crippen LogP contribution < -0.4 is 0 Å². The van der Waals surface area contributed by atoms with Crippen molar-refractivity contribution in [2.45, 2.75) is 31.6 Å². The van der Waals surface area contributed by atoms with E-state index in [9.17, 15) is 4.79 Å². The minimum atomic E-state index is -0.313. The van der Waals surface area contributed by atoms with E-state index in [1.807, 2.05) is 25.4 Å². The molecule has 4 rings (SSSR count). The molecule has 1 fully saturated rings. The summed E-state index contributed by atoms with van der Waals surface area (Å²) in [7, 11) is 3.44. The molecule has 1 aliphatic carbocycles. The molecule has 25 heavy (non-hydrogen) atoms. The van der Waals surface area contributed by atoms with Crippen LogP contribution in [0.5, 0.6) is 0 Å². The monoisotopic (exact) mass is 335 g/mol. The van der Waals surface area contributed by atoms with Gasteiger partial charge in [0.2, 0.25) is 0 Å². The second-order valence-electron chi connectivity index (χ2n) is 6.62. The molecule has 0 amide bonds. The third-order valence-electron chi connectivity index (χ3n) is 5.23. The lowest BCUT2D eigenvalue weighted by molar-refractivity contribution is 0.0601. The van der Waals surface area contributed by atoms with Crippen LogP contribution in [0.1, 0.15) is 47.5 Å². The molecule has 128 valence electrons. The number of hydrogen-bond acceptors (Lipinski definition) is 4. The average Bonchev–Trinajstić information content (AvgIpc) is 3.28. The van der Waals surface area contributed by atoms with Crippen molar-refractivity contribution in [1.29, 1.82) is 0 Å². The SMILES string of the molecule is COC(=O)c1ccc2c(C3CCCC3)c(-c3cnccn3)n(C)c2c1. The quantitative estimate of drug-likeness (QED) is 0.677. The highest BCUT2D eigenvalue weighted by atomic mass is 16.5. The topological polar surface area (TPSA) is 57.0 Å². The second kappa shape index (κ2) is 6.31. The maximum absolute atomic E-state index is 11.9. The third kappa shape index (κ3) is 2.60. The molecule has 5 heteroatoms. The lowest BCUT2D eigenvalue weighted by Gasteiger charge is -2.12. The Bertz CT molecular complexity index is 925. The molecule has 0 saturated heterocycles. The van der Waals surface area contributed by atoms with Gasteiger partial charge in [0, 0.05) is 30.3 Å². The van der Waals surface area contributed by atoms with Gasteiger partial charge < -0.3 is 9.30 Å². The highest BCUT2D eigenvalue weighted by molar-refractivity contribution is 5.98. The molecule has 1 saturated carbocycles. The standard InChI is InChI=1S/C20H21N3O2/c1-23-17-11-14(20(24)25-2)7-8-15(17)18(13-5-3-4-6-13)19(23)16-12-21-9-10-22-16/h7-13H,3-6H2,1-2H3. The van der Waals surface area contributed by atoms with Crippen LogP contribution in [-0.2, 0) is 11.8 Å². The molecule has 0 radical (unpaired) electrons. The Balaban J connectivity index is 1.99. The van der Waals surface area contributed by atoms with E-state index in [-0.39, 0.29) is 5.97 Å². The normalized spacial score (nSPS) is 15.0. The van der Waals surface area contributed by atoms with E-state index in [0.717, 1.165) is 16.9 Å². The number of rotatable bonds is 3. The van der Waals surface area contributed by atoms with E-state index in [2.05, 4.69) is 20.6 Å². The van der Waals surface area contributed by atoms with Gasteiger partial charge in [-0.3, -0.25) is 9.97 Å². The van der Waals surface area contributed by atoms with Crippen LogP contribution in [0, 0.1) is 0 Å². The van der Waals surface area contributed by atoms with E-state index < -0.39 is 0 Å².